The topological polar surface area (TPSA) is 92.7 Å². The Morgan fingerprint density at radius 2 is 2.00 bits per heavy atom. The van der Waals surface area contributed by atoms with Crippen LogP contribution in [0.25, 0.3) is 11.0 Å². The second-order valence-corrected chi connectivity index (χ2v) is 8.55. The number of rotatable bonds is 3. The van der Waals surface area contributed by atoms with Crippen LogP contribution in [0.15, 0.2) is 23.1 Å². The highest BCUT2D eigenvalue weighted by Crippen LogP contribution is 2.25. The molecule has 0 radical (unpaired) electrons. The van der Waals surface area contributed by atoms with Gasteiger partial charge in [-0.3, -0.25) is 4.79 Å². The van der Waals surface area contributed by atoms with E-state index in [-0.39, 0.29) is 30.0 Å². The number of sulfonamides is 1. The van der Waals surface area contributed by atoms with E-state index in [2.05, 4.69) is 8.75 Å². The maximum absolute atomic E-state index is 13.0. The van der Waals surface area contributed by atoms with Gasteiger partial charge < -0.3 is 9.64 Å². The smallest absolute Gasteiger partial charge is 0.251 e. The molecular weight excluding hydrogens is 364 g/mol. The van der Waals surface area contributed by atoms with Gasteiger partial charge >= 0.3 is 0 Å². The van der Waals surface area contributed by atoms with Gasteiger partial charge in [-0.2, -0.15) is 13.1 Å². The van der Waals surface area contributed by atoms with E-state index in [1.54, 1.807) is 23.1 Å². The first-order valence-corrected chi connectivity index (χ1v) is 10.4. The summed E-state index contributed by atoms with van der Waals surface area (Å²) in [6, 6.07) is 4.98. The van der Waals surface area contributed by atoms with Crippen molar-refractivity contribution in [1.29, 1.82) is 0 Å². The number of aromatic nitrogens is 2. The zero-order chi connectivity index (χ0) is 17.4. The number of piperazine rings is 1. The number of fused-ring (bicyclic) bond motifs is 1. The summed E-state index contributed by atoms with van der Waals surface area (Å²) in [5, 5.41) is 0. The molecule has 25 heavy (non-hydrogen) atoms. The number of carbonyl (C=O) groups excluding carboxylic acids is 1. The first kappa shape index (κ1) is 16.8. The van der Waals surface area contributed by atoms with Gasteiger partial charge in [0, 0.05) is 32.8 Å². The molecule has 3 heterocycles. The molecular formula is C15H18N4O4S2. The maximum atomic E-state index is 13.0. The van der Waals surface area contributed by atoms with Gasteiger partial charge in [-0.1, -0.05) is 6.07 Å². The zero-order valence-corrected chi connectivity index (χ0v) is 15.1. The lowest BCUT2D eigenvalue weighted by molar-refractivity contribution is -0.142. The fourth-order valence-electron chi connectivity index (χ4n) is 3.25. The Balaban J connectivity index is 1.50. The zero-order valence-electron chi connectivity index (χ0n) is 13.5. The van der Waals surface area contributed by atoms with Crippen LogP contribution >= 0.6 is 11.7 Å². The van der Waals surface area contributed by atoms with Crippen molar-refractivity contribution >= 4 is 38.7 Å². The van der Waals surface area contributed by atoms with E-state index in [0.29, 0.717) is 30.7 Å². The summed E-state index contributed by atoms with van der Waals surface area (Å²) >= 11 is 0.998. The van der Waals surface area contributed by atoms with Crippen molar-refractivity contribution in [2.75, 3.05) is 32.8 Å². The number of benzene rings is 1. The number of nitrogens with zero attached hydrogens (tertiary/aromatic N) is 4. The highest BCUT2D eigenvalue weighted by molar-refractivity contribution is 7.89. The van der Waals surface area contributed by atoms with Gasteiger partial charge in [-0.25, -0.2) is 8.42 Å². The standard InChI is InChI=1S/C15H18N4O4S2/c20-15(12-4-2-10-23-12)18-6-8-19(9-7-18)25(21,22)13-5-1-3-11-14(13)17-24-16-11/h1,3,5,12H,2,4,6-10H2/t12-/m0/s1. The van der Waals surface area contributed by atoms with E-state index >= 15 is 0 Å². The third kappa shape index (κ3) is 3.03. The summed E-state index contributed by atoms with van der Waals surface area (Å²) in [7, 11) is -3.66. The molecule has 0 bridgehead atoms. The quantitative estimate of drug-likeness (QED) is 0.776. The molecule has 2 fully saturated rings. The van der Waals surface area contributed by atoms with Crippen LogP contribution in [-0.4, -0.2) is 71.2 Å². The van der Waals surface area contributed by atoms with Crippen LogP contribution in [0, 0.1) is 0 Å². The highest BCUT2D eigenvalue weighted by Gasteiger charge is 2.34. The number of hydrogen-bond donors (Lipinski definition) is 0. The van der Waals surface area contributed by atoms with Crippen LogP contribution in [-0.2, 0) is 19.6 Å². The lowest BCUT2D eigenvalue weighted by Crippen LogP contribution is -2.52. The van der Waals surface area contributed by atoms with E-state index in [4.69, 9.17) is 4.74 Å². The van der Waals surface area contributed by atoms with Crippen molar-refractivity contribution in [1.82, 2.24) is 18.0 Å². The van der Waals surface area contributed by atoms with Gasteiger partial charge in [0.2, 0.25) is 10.0 Å². The molecule has 2 saturated heterocycles. The summed E-state index contributed by atoms with van der Waals surface area (Å²) in [6.45, 7) is 1.92. The molecule has 10 heteroatoms. The third-order valence-electron chi connectivity index (χ3n) is 4.62. The summed E-state index contributed by atoms with van der Waals surface area (Å²) in [4.78, 5) is 14.3. The maximum Gasteiger partial charge on any atom is 0.251 e. The van der Waals surface area contributed by atoms with Crippen LogP contribution in [0.2, 0.25) is 0 Å². The second kappa shape index (κ2) is 6.60. The van der Waals surface area contributed by atoms with E-state index in [9.17, 15) is 13.2 Å². The largest absolute Gasteiger partial charge is 0.368 e. The summed E-state index contributed by atoms with van der Waals surface area (Å²) in [6.07, 6.45) is 1.28. The van der Waals surface area contributed by atoms with Crippen LogP contribution < -0.4 is 0 Å². The Kier molecular flexibility index (Phi) is 4.44. The van der Waals surface area contributed by atoms with E-state index in [1.807, 2.05) is 0 Å². The minimum atomic E-state index is -3.66. The Bertz CT molecular complexity index is 884. The Hall–Kier alpha value is -1.62. The van der Waals surface area contributed by atoms with Gasteiger partial charge in [-0.05, 0) is 25.0 Å². The average molecular weight is 382 g/mol. The van der Waals surface area contributed by atoms with Crippen molar-refractivity contribution in [2.24, 2.45) is 0 Å². The van der Waals surface area contributed by atoms with Gasteiger partial charge in [0.05, 0.1) is 11.7 Å². The molecule has 1 atom stereocenters. The predicted octanol–water partition coefficient (Wildman–Crippen LogP) is 0.703. The molecule has 134 valence electrons. The van der Waals surface area contributed by atoms with Crippen molar-refractivity contribution < 1.29 is 17.9 Å². The van der Waals surface area contributed by atoms with Gasteiger partial charge in [0.25, 0.3) is 5.91 Å². The SMILES string of the molecule is O=C([C@@H]1CCCO1)N1CCN(S(=O)(=O)c2cccc3nsnc23)CC1. The van der Waals surface area contributed by atoms with E-state index in [0.717, 1.165) is 24.6 Å². The molecule has 2 aromatic rings. The van der Waals surface area contributed by atoms with Crippen LogP contribution in [0.3, 0.4) is 0 Å². The molecule has 1 aromatic heterocycles. The van der Waals surface area contributed by atoms with Crippen LogP contribution in [0.5, 0.6) is 0 Å². The van der Waals surface area contributed by atoms with Crippen LogP contribution in [0.1, 0.15) is 12.8 Å². The lowest BCUT2D eigenvalue weighted by Gasteiger charge is -2.35. The van der Waals surface area contributed by atoms with Crippen molar-refractivity contribution in [3.63, 3.8) is 0 Å². The molecule has 0 saturated carbocycles. The van der Waals surface area contributed by atoms with Gasteiger partial charge in [-0.15, -0.1) is 0 Å². The fourth-order valence-corrected chi connectivity index (χ4v) is 5.43. The third-order valence-corrected chi connectivity index (χ3v) is 7.10. The number of ether oxygens (including phenoxy) is 1. The number of hydrogen-bond acceptors (Lipinski definition) is 7. The predicted molar refractivity (Wildman–Crippen MR) is 91.7 cm³/mol. The molecule has 0 aliphatic carbocycles. The minimum absolute atomic E-state index is 0.0275. The van der Waals surface area contributed by atoms with E-state index < -0.39 is 10.0 Å². The summed E-state index contributed by atoms with van der Waals surface area (Å²) in [5.74, 6) is -0.0275. The Labute approximate surface area is 149 Å². The van der Waals surface area contributed by atoms with Crippen LogP contribution in [0.4, 0.5) is 0 Å². The molecule has 4 rings (SSSR count). The Morgan fingerprint density at radius 3 is 2.72 bits per heavy atom. The molecule has 2 aliphatic heterocycles. The lowest BCUT2D eigenvalue weighted by atomic mass is 10.2. The molecule has 2 aliphatic rings. The first-order chi connectivity index (χ1) is 12.1. The molecule has 1 amide bonds. The number of carbonyl (C=O) groups is 1. The van der Waals surface area contributed by atoms with Crippen molar-refractivity contribution in [2.45, 2.75) is 23.8 Å². The monoisotopic (exact) mass is 382 g/mol. The van der Waals surface area contributed by atoms with Gasteiger partial charge in [0.1, 0.15) is 22.0 Å². The summed E-state index contributed by atoms with van der Waals surface area (Å²) in [5.41, 5.74) is 0.989. The minimum Gasteiger partial charge on any atom is -0.368 e. The number of amides is 1. The second-order valence-electron chi connectivity index (χ2n) is 6.12. The summed E-state index contributed by atoms with van der Waals surface area (Å²) < 4.78 is 41.0. The molecule has 0 spiro atoms. The van der Waals surface area contributed by atoms with Gasteiger partial charge in [0.15, 0.2) is 0 Å². The van der Waals surface area contributed by atoms with E-state index in [1.165, 1.54) is 4.31 Å². The van der Waals surface area contributed by atoms with Crippen molar-refractivity contribution in [3.8, 4) is 0 Å². The fraction of sp³-hybridized carbons (Fsp3) is 0.533. The first-order valence-electron chi connectivity index (χ1n) is 8.19. The molecule has 0 unspecified atom stereocenters. The Morgan fingerprint density at radius 1 is 1.20 bits per heavy atom. The average Bonchev–Trinajstić information content (AvgIpc) is 3.32. The molecule has 1 aromatic carbocycles. The van der Waals surface area contributed by atoms with Crippen molar-refractivity contribution in [3.05, 3.63) is 18.2 Å². The molecule has 0 N–H and O–H groups in total. The highest BCUT2D eigenvalue weighted by atomic mass is 32.2. The normalized spacial score (nSPS) is 22.6. The molecule has 8 nitrogen and oxygen atoms in total.